The molecule has 1 fully saturated rings. The van der Waals surface area contributed by atoms with Crippen LogP contribution < -0.4 is 21.1 Å². The van der Waals surface area contributed by atoms with Gasteiger partial charge in [0, 0.05) is 51.8 Å². The molecule has 5 N–H and O–H groups in total. The standard InChI is InChI=1S/C31H28N4O5S/c32-16-17-4-6-20(7-5-17)33-29(36)23-14-24-26(40-12-10-18-11-13-41-28(18)24)15-22(23)21-8-9-25(35-27(21)31(38)39)30(37)34-19-2-1-3-19/h4-9,11,13-15,19H,1-3,10,12,16,32H2,(H,33,36)(H,34,37)(H,38,39). The normalized spacial score (nSPS) is 14.1. The Morgan fingerprint density at radius 3 is 2.51 bits per heavy atom. The van der Waals surface area contributed by atoms with E-state index in [1.807, 2.05) is 23.6 Å². The molecule has 2 amide bonds. The van der Waals surface area contributed by atoms with Crippen molar-refractivity contribution in [1.82, 2.24) is 10.3 Å². The number of thiophene rings is 1. The Kier molecular flexibility index (Phi) is 7.25. The van der Waals surface area contributed by atoms with E-state index in [1.165, 1.54) is 12.1 Å². The number of nitrogens with zero attached hydrogens (tertiary/aromatic N) is 1. The molecule has 1 aliphatic carbocycles. The first kappa shape index (κ1) is 26.7. The molecule has 2 aromatic heterocycles. The number of hydrogen-bond acceptors (Lipinski definition) is 7. The van der Waals surface area contributed by atoms with E-state index in [9.17, 15) is 19.5 Å². The quantitative estimate of drug-likeness (QED) is 0.243. The lowest BCUT2D eigenvalue weighted by molar-refractivity contribution is 0.0691. The lowest BCUT2D eigenvalue weighted by atomic mass is 9.92. The van der Waals surface area contributed by atoms with Gasteiger partial charge in [0.2, 0.25) is 0 Å². The van der Waals surface area contributed by atoms with Crippen molar-refractivity contribution < 1.29 is 24.2 Å². The molecule has 208 valence electrons. The monoisotopic (exact) mass is 568 g/mol. The average molecular weight is 569 g/mol. The summed E-state index contributed by atoms with van der Waals surface area (Å²) in [7, 11) is 0. The van der Waals surface area contributed by atoms with Crippen LogP contribution in [-0.2, 0) is 13.0 Å². The first-order chi connectivity index (χ1) is 19.9. The maximum absolute atomic E-state index is 13.8. The number of benzene rings is 2. The van der Waals surface area contributed by atoms with Gasteiger partial charge in [-0.3, -0.25) is 9.59 Å². The van der Waals surface area contributed by atoms with Gasteiger partial charge in [0.1, 0.15) is 11.4 Å². The van der Waals surface area contributed by atoms with Crippen molar-refractivity contribution >= 4 is 34.8 Å². The Morgan fingerprint density at radius 1 is 1.00 bits per heavy atom. The minimum Gasteiger partial charge on any atom is -0.493 e. The van der Waals surface area contributed by atoms with Crippen molar-refractivity contribution in [1.29, 1.82) is 0 Å². The minimum absolute atomic E-state index is 0.0123. The summed E-state index contributed by atoms with van der Waals surface area (Å²) in [6.07, 6.45) is 3.55. The van der Waals surface area contributed by atoms with Crippen molar-refractivity contribution in [3.63, 3.8) is 0 Å². The summed E-state index contributed by atoms with van der Waals surface area (Å²) < 4.78 is 6.09. The van der Waals surface area contributed by atoms with Crippen molar-refractivity contribution in [3.05, 3.63) is 88.1 Å². The highest BCUT2D eigenvalue weighted by molar-refractivity contribution is 7.13. The van der Waals surface area contributed by atoms with E-state index in [4.69, 9.17) is 10.5 Å². The molecule has 4 aromatic rings. The lowest BCUT2D eigenvalue weighted by Crippen LogP contribution is -2.39. The number of nitrogens with one attached hydrogen (secondary N) is 2. The molecule has 0 atom stereocenters. The number of anilines is 1. The number of carbonyl (C=O) groups excluding carboxylic acids is 2. The van der Waals surface area contributed by atoms with Gasteiger partial charge in [-0.2, -0.15) is 0 Å². The lowest BCUT2D eigenvalue weighted by Gasteiger charge is -2.26. The third-order valence-corrected chi connectivity index (χ3v) is 8.48. The third-order valence-electron chi connectivity index (χ3n) is 7.49. The number of rotatable bonds is 7. The zero-order valence-electron chi connectivity index (χ0n) is 22.1. The van der Waals surface area contributed by atoms with Gasteiger partial charge in [-0.05, 0) is 78.2 Å². The fourth-order valence-corrected chi connectivity index (χ4v) is 6.00. The van der Waals surface area contributed by atoms with Crippen LogP contribution in [0.1, 0.15) is 61.7 Å². The molecule has 41 heavy (non-hydrogen) atoms. The Bertz CT molecular complexity index is 1660. The Labute approximate surface area is 240 Å². The van der Waals surface area contributed by atoms with Gasteiger partial charge in [-0.1, -0.05) is 12.1 Å². The number of ether oxygens (including phenoxy) is 1. The Balaban J connectivity index is 1.46. The molecule has 10 heteroatoms. The molecule has 0 saturated heterocycles. The molecule has 6 rings (SSSR count). The van der Waals surface area contributed by atoms with Crippen LogP contribution >= 0.6 is 11.3 Å². The smallest absolute Gasteiger partial charge is 0.355 e. The maximum Gasteiger partial charge on any atom is 0.355 e. The fourth-order valence-electron chi connectivity index (χ4n) is 5.03. The number of carboxylic acids is 1. The van der Waals surface area contributed by atoms with Crippen LogP contribution in [0, 0.1) is 0 Å². The summed E-state index contributed by atoms with van der Waals surface area (Å²) in [5.74, 6) is -1.60. The summed E-state index contributed by atoms with van der Waals surface area (Å²) in [6, 6.07) is 15.8. The molecule has 2 aromatic carbocycles. The molecular formula is C31H28N4O5S. The van der Waals surface area contributed by atoms with Gasteiger partial charge >= 0.3 is 5.97 Å². The number of carboxylic acid groups (broad SMARTS) is 1. The number of fused-ring (bicyclic) bond motifs is 3. The van der Waals surface area contributed by atoms with Crippen LogP contribution in [0.4, 0.5) is 5.69 Å². The summed E-state index contributed by atoms with van der Waals surface area (Å²) in [6.45, 7) is 0.825. The highest BCUT2D eigenvalue weighted by Gasteiger charge is 2.27. The van der Waals surface area contributed by atoms with Gasteiger partial charge in [0.05, 0.1) is 6.61 Å². The Hall–Kier alpha value is -4.54. The maximum atomic E-state index is 13.8. The van der Waals surface area contributed by atoms with E-state index in [0.29, 0.717) is 36.6 Å². The van der Waals surface area contributed by atoms with Crippen LogP contribution in [0.5, 0.6) is 5.75 Å². The molecule has 1 saturated carbocycles. The van der Waals surface area contributed by atoms with Gasteiger partial charge in [-0.25, -0.2) is 9.78 Å². The van der Waals surface area contributed by atoms with E-state index in [2.05, 4.69) is 15.6 Å². The van der Waals surface area contributed by atoms with Crippen molar-refractivity contribution in [2.75, 3.05) is 11.9 Å². The largest absolute Gasteiger partial charge is 0.493 e. The van der Waals surface area contributed by atoms with Crippen LogP contribution in [0.25, 0.3) is 21.6 Å². The van der Waals surface area contributed by atoms with E-state index >= 15 is 0 Å². The number of hydrogen-bond donors (Lipinski definition) is 4. The molecule has 0 unspecified atom stereocenters. The summed E-state index contributed by atoms with van der Waals surface area (Å²) in [5, 5.41) is 18.0. The van der Waals surface area contributed by atoms with E-state index in [1.54, 1.807) is 35.6 Å². The highest BCUT2D eigenvalue weighted by atomic mass is 32.1. The molecular weight excluding hydrogens is 540 g/mol. The van der Waals surface area contributed by atoms with Crippen molar-refractivity contribution in [2.24, 2.45) is 5.73 Å². The van der Waals surface area contributed by atoms with Gasteiger partial charge in [0.25, 0.3) is 11.8 Å². The predicted molar refractivity (Wildman–Crippen MR) is 157 cm³/mol. The van der Waals surface area contributed by atoms with Crippen molar-refractivity contribution in [2.45, 2.75) is 38.3 Å². The molecule has 0 radical (unpaired) electrons. The summed E-state index contributed by atoms with van der Waals surface area (Å²) in [5.41, 5.74) is 9.60. The fraction of sp³-hybridized carbons (Fsp3) is 0.226. The summed E-state index contributed by atoms with van der Waals surface area (Å²) >= 11 is 1.56. The van der Waals surface area contributed by atoms with E-state index in [0.717, 1.165) is 40.8 Å². The topological polar surface area (TPSA) is 144 Å². The van der Waals surface area contributed by atoms with E-state index in [-0.39, 0.29) is 28.6 Å². The summed E-state index contributed by atoms with van der Waals surface area (Å²) in [4.78, 5) is 44.2. The molecule has 2 aliphatic rings. The third kappa shape index (κ3) is 5.31. The number of aromatic carboxylic acids is 1. The predicted octanol–water partition coefficient (Wildman–Crippen LogP) is 5.10. The zero-order chi connectivity index (χ0) is 28.5. The first-order valence-electron chi connectivity index (χ1n) is 13.4. The first-order valence-corrected chi connectivity index (χ1v) is 14.3. The number of aromatic nitrogens is 1. The molecule has 0 bridgehead atoms. The highest BCUT2D eigenvalue weighted by Crippen LogP contribution is 2.43. The van der Waals surface area contributed by atoms with Crippen molar-refractivity contribution in [3.8, 4) is 27.3 Å². The van der Waals surface area contributed by atoms with Gasteiger partial charge < -0.3 is 26.2 Å². The van der Waals surface area contributed by atoms with E-state index < -0.39 is 17.8 Å². The van der Waals surface area contributed by atoms with Crippen LogP contribution in [0.3, 0.4) is 0 Å². The second-order valence-electron chi connectivity index (χ2n) is 10.1. The SMILES string of the molecule is NCc1ccc(NC(=O)c2cc3c(cc2-c2ccc(C(=O)NC4CCC4)nc2C(=O)O)OCCc2ccsc2-3)cc1. The van der Waals surface area contributed by atoms with Crippen LogP contribution in [-0.4, -0.2) is 40.5 Å². The van der Waals surface area contributed by atoms with Crippen LogP contribution in [0.15, 0.2) is 60.0 Å². The average Bonchev–Trinajstić information content (AvgIpc) is 3.36. The zero-order valence-corrected chi connectivity index (χ0v) is 22.9. The number of pyridine rings is 1. The second-order valence-corrected chi connectivity index (χ2v) is 11.0. The Morgan fingerprint density at radius 2 is 1.80 bits per heavy atom. The van der Waals surface area contributed by atoms with Crippen LogP contribution in [0.2, 0.25) is 0 Å². The minimum atomic E-state index is -1.31. The molecule has 3 heterocycles. The number of nitrogens with two attached hydrogens (primary N) is 1. The molecule has 0 spiro atoms. The van der Waals surface area contributed by atoms with Gasteiger partial charge in [-0.15, -0.1) is 11.3 Å². The molecule has 9 nitrogen and oxygen atoms in total. The number of carbonyl (C=O) groups is 3. The molecule has 1 aliphatic heterocycles. The van der Waals surface area contributed by atoms with Gasteiger partial charge in [0.15, 0.2) is 5.69 Å². The second kappa shape index (κ2) is 11.1. The number of amides is 2.